The third-order valence-corrected chi connectivity index (χ3v) is 3.08. The van der Waals surface area contributed by atoms with Gasteiger partial charge in [0, 0.05) is 32.2 Å². The van der Waals surface area contributed by atoms with Crippen LogP contribution in [0.25, 0.3) is 0 Å². The summed E-state index contributed by atoms with van der Waals surface area (Å²) in [5, 5.41) is 14.0. The Morgan fingerprint density at radius 1 is 0.850 bits per heavy atom. The summed E-state index contributed by atoms with van der Waals surface area (Å²) in [7, 11) is 0. The van der Waals surface area contributed by atoms with Crippen LogP contribution in [0.5, 0.6) is 0 Å². The molecule has 20 heavy (non-hydrogen) atoms. The maximum atomic E-state index is 3.61. The third-order valence-electron chi connectivity index (χ3n) is 3.08. The summed E-state index contributed by atoms with van der Waals surface area (Å²) < 4.78 is 0. The molecule has 0 aromatic rings. The van der Waals surface area contributed by atoms with E-state index in [0.717, 1.165) is 45.8 Å². The molecule has 0 saturated carbocycles. The second kappa shape index (κ2) is 21.9. The van der Waals surface area contributed by atoms with Gasteiger partial charge in [-0.25, -0.2) is 0 Å². The molecule has 1 aliphatic heterocycles. The first-order chi connectivity index (χ1) is 8.93. The molecular formula is C14H33ClMnN4. The maximum Gasteiger partial charge on any atom is 2.00 e. The van der Waals surface area contributed by atoms with Gasteiger partial charge in [-0.1, -0.05) is 6.92 Å². The first-order valence-corrected chi connectivity index (χ1v) is 7.49. The molecule has 1 aliphatic rings. The van der Waals surface area contributed by atoms with Crippen LogP contribution in [-0.4, -0.2) is 51.9 Å². The van der Waals surface area contributed by atoms with E-state index in [1.165, 1.54) is 19.3 Å². The van der Waals surface area contributed by atoms with Crippen LogP contribution in [0.4, 0.5) is 0 Å². The van der Waals surface area contributed by atoms with Gasteiger partial charge in [0.1, 0.15) is 0 Å². The first-order valence-electron chi connectivity index (χ1n) is 7.49. The average Bonchev–Trinajstić information content (AvgIpc) is 2.43. The van der Waals surface area contributed by atoms with Gasteiger partial charge in [0.2, 0.25) is 0 Å². The van der Waals surface area contributed by atoms with Crippen molar-refractivity contribution in [3.8, 4) is 0 Å². The van der Waals surface area contributed by atoms with Crippen molar-refractivity contribution >= 4 is 0 Å². The Hall–Kier alpha value is 0.649. The molecule has 0 bridgehead atoms. The molecule has 1 unspecified atom stereocenters. The van der Waals surface area contributed by atoms with Crippen LogP contribution in [0, 0.1) is 6.92 Å². The summed E-state index contributed by atoms with van der Waals surface area (Å²) in [6.45, 7) is 15.0. The third kappa shape index (κ3) is 16.7. The number of hydrogen-bond acceptors (Lipinski definition) is 4. The molecule has 1 rings (SSSR count). The second-order valence-corrected chi connectivity index (χ2v) is 4.45. The van der Waals surface area contributed by atoms with Gasteiger partial charge in [0.05, 0.1) is 0 Å². The standard InChI is InChI=1S/C12H28N4.C2H5.ClH.Mn/c1-2-12-4-7-15-9-8-13-5-3-6-14-10-11-16-12;1-2;;/h12-16H,2-11H2,1H3;1H2,2H3;1H;/q;-1;;+2/p-1. The Kier molecular flexibility index (Phi) is 28.1. The fraction of sp³-hybridized carbons (Fsp3) is 0.929. The van der Waals surface area contributed by atoms with Gasteiger partial charge >= 0.3 is 17.1 Å². The summed E-state index contributed by atoms with van der Waals surface area (Å²) in [5.41, 5.74) is 0. The topological polar surface area (TPSA) is 48.1 Å². The van der Waals surface area contributed by atoms with Crippen molar-refractivity contribution < 1.29 is 29.5 Å². The van der Waals surface area contributed by atoms with Gasteiger partial charge in [-0.05, 0) is 38.9 Å². The zero-order valence-corrected chi connectivity index (χ0v) is 15.0. The van der Waals surface area contributed by atoms with Crippen molar-refractivity contribution in [3.63, 3.8) is 0 Å². The van der Waals surface area contributed by atoms with Crippen molar-refractivity contribution in [3.05, 3.63) is 6.92 Å². The predicted molar refractivity (Wildman–Crippen MR) is 81.0 cm³/mol. The van der Waals surface area contributed by atoms with E-state index in [9.17, 15) is 0 Å². The van der Waals surface area contributed by atoms with Crippen LogP contribution in [0.15, 0.2) is 0 Å². The zero-order valence-electron chi connectivity index (χ0n) is 13.1. The Bertz CT molecular complexity index is 150. The van der Waals surface area contributed by atoms with Crippen molar-refractivity contribution in [2.75, 3.05) is 45.8 Å². The normalized spacial score (nSPS) is 22.1. The molecule has 4 nitrogen and oxygen atoms in total. The number of halogens is 1. The first kappa shape index (κ1) is 25.6. The van der Waals surface area contributed by atoms with E-state index in [0.29, 0.717) is 6.04 Å². The number of hydrogen-bond donors (Lipinski definition) is 4. The Labute approximate surface area is 142 Å². The van der Waals surface area contributed by atoms with Gasteiger partial charge in [0.15, 0.2) is 0 Å². The molecule has 0 spiro atoms. The second-order valence-electron chi connectivity index (χ2n) is 4.45. The van der Waals surface area contributed by atoms with E-state index in [2.05, 4.69) is 35.1 Å². The molecule has 1 saturated heterocycles. The van der Waals surface area contributed by atoms with Crippen molar-refractivity contribution in [2.24, 2.45) is 0 Å². The average molecular weight is 348 g/mol. The molecule has 4 N–H and O–H groups in total. The van der Waals surface area contributed by atoms with E-state index in [4.69, 9.17) is 0 Å². The minimum absolute atomic E-state index is 0. The summed E-state index contributed by atoms with van der Waals surface area (Å²) in [4.78, 5) is 0. The van der Waals surface area contributed by atoms with E-state index in [1.54, 1.807) is 6.92 Å². The van der Waals surface area contributed by atoms with Crippen LogP contribution in [0.1, 0.15) is 33.1 Å². The minimum Gasteiger partial charge on any atom is -1.00 e. The molecule has 1 heterocycles. The fourth-order valence-electron chi connectivity index (χ4n) is 1.98. The smallest absolute Gasteiger partial charge is 1.00 e. The van der Waals surface area contributed by atoms with E-state index < -0.39 is 0 Å². The summed E-state index contributed by atoms with van der Waals surface area (Å²) in [6.07, 6.45) is 3.67. The van der Waals surface area contributed by atoms with Crippen molar-refractivity contribution in [1.29, 1.82) is 0 Å². The quantitative estimate of drug-likeness (QED) is 0.320. The molecule has 1 radical (unpaired) electrons. The minimum atomic E-state index is 0. The molecule has 6 heteroatoms. The summed E-state index contributed by atoms with van der Waals surface area (Å²) in [6, 6.07) is 0.671. The summed E-state index contributed by atoms with van der Waals surface area (Å²) in [5.74, 6) is 0. The Morgan fingerprint density at radius 2 is 1.35 bits per heavy atom. The van der Waals surface area contributed by atoms with Crippen molar-refractivity contribution in [2.45, 2.75) is 39.2 Å². The van der Waals surface area contributed by atoms with Gasteiger partial charge in [-0.2, -0.15) is 6.92 Å². The van der Waals surface area contributed by atoms with Gasteiger partial charge < -0.3 is 40.6 Å². The van der Waals surface area contributed by atoms with E-state index in [1.807, 2.05) is 0 Å². The number of nitrogens with one attached hydrogen (secondary N) is 4. The van der Waals surface area contributed by atoms with Crippen molar-refractivity contribution in [1.82, 2.24) is 21.3 Å². The van der Waals surface area contributed by atoms with Crippen LogP contribution >= 0.6 is 0 Å². The van der Waals surface area contributed by atoms with E-state index >= 15 is 0 Å². The summed E-state index contributed by atoms with van der Waals surface area (Å²) >= 11 is 0. The largest absolute Gasteiger partial charge is 2.00 e. The van der Waals surface area contributed by atoms with Gasteiger partial charge in [0.25, 0.3) is 0 Å². The fourth-order valence-corrected chi connectivity index (χ4v) is 1.98. The number of rotatable bonds is 1. The molecular weight excluding hydrogens is 315 g/mol. The molecule has 123 valence electrons. The SMILES string of the molecule is CCC1CCNCCNCCCNCCN1.[CH2-]C.[Cl-].[Mn+2]. The Morgan fingerprint density at radius 3 is 1.90 bits per heavy atom. The van der Waals surface area contributed by atoms with Gasteiger partial charge in [-0.3, -0.25) is 0 Å². The molecule has 1 fully saturated rings. The van der Waals surface area contributed by atoms with Crippen LogP contribution in [-0.2, 0) is 17.1 Å². The van der Waals surface area contributed by atoms with Crippen LogP contribution in [0.3, 0.4) is 0 Å². The van der Waals surface area contributed by atoms with Crippen LogP contribution < -0.4 is 33.7 Å². The Balaban J connectivity index is -0.000000689. The molecule has 0 aliphatic carbocycles. The maximum absolute atomic E-state index is 3.61. The molecule has 1 atom stereocenters. The predicted octanol–water partition coefficient (Wildman–Crippen LogP) is -2.24. The van der Waals surface area contributed by atoms with Gasteiger partial charge in [-0.15, -0.1) is 0 Å². The molecule has 0 aromatic carbocycles. The monoisotopic (exact) mass is 347 g/mol. The molecule has 0 amide bonds. The van der Waals surface area contributed by atoms with E-state index in [-0.39, 0.29) is 29.5 Å². The van der Waals surface area contributed by atoms with Crippen LogP contribution in [0.2, 0.25) is 0 Å². The molecule has 0 aromatic heterocycles. The zero-order chi connectivity index (χ0) is 13.5.